The zero-order chi connectivity index (χ0) is 17.1. The van der Waals surface area contributed by atoms with Gasteiger partial charge in [-0.25, -0.2) is 9.36 Å². The van der Waals surface area contributed by atoms with E-state index < -0.39 is 47.1 Å². The third-order valence-electron chi connectivity index (χ3n) is 2.51. The van der Waals surface area contributed by atoms with Gasteiger partial charge in [-0.15, -0.1) is 0 Å². The van der Waals surface area contributed by atoms with E-state index in [4.69, 9.17) is 28.0 Å². The van der Waals surface area contributed by atoms with Crippen molar-refractivity contribution >= 4 is 23.3 Å². The molecule has 0 spiro atoms. The molecule has 1 aromatic heterocycles. The van der Waals surface area contributed by atoms with E-state index in [0.29, 0.717) is 6.20 Å². The maximum absolute atomic E-state index is 14.1. The zero-order valence-electron chi connectivity index (χ0n) is 10.6. The molecule has 13 heteroatoms. The lowest BCUT2D eigenvalue weighted by Crippen LogP contribution is -2.52. The average molecular weight is 339 g/mol. The summed E-state index contributed by atoms with van der Waals surface area (Å²) in [6.07, 6.45) is -1.72. The molecule has 1 heterocycles. The molecule has 4 N–H and O–H groups in total. The number of aliphatic hydroxyl groups is 2. The Morgan fingerprint density at radius 3 is 2.77 bits per heavy atom. The molecule has 0 aliphatic rings. The van der Waals surface area contributed by atoms with Crippen molar-refractivity contribution < 1.29 is 23.8 Å². The minimum absolute atomic E-state index is 0.136. The van der Waals surface area contributed by atoms with Crippen molar-refractivity contribution in [3.05, 3.63) is 32.1 Å². The topological polar surface area (TPSA) is 167 Å². The van der Waals surface area contributed by atoms with Gasteiger partial charge in [-0.1, -0.05) is 16.7 Å². The van der Waals surface area contributed by atoms with Gasteiger partial charge in [0, 0.05) is 11.1 Å². The minimum atomic E-state index is -4.51. The third kappa shape index (κ3) is 3.31. The molecule has 0 saturated heterocycles. The summed E-state index contributed by atoms with van der Waals surface area (Å²) in [6.45, 7) is -1.21. The van der Waals surface area contributed by atoms with Crippen LogP contribution < -0.4 is 11.4 Å². The summed E-state index contributed by atoms with van der Waals surface area (Å²) in [5, 5.41) is 20.1. The molecule has 0 unspecified atom stereocenters. The number of halogens is 3. The molecular weight excluding hydrogens is 330 g/mol. The first-order chi connectivity index (χ1) is 10.2. The SMILES string of the molecule is [N-]=[N+]=N[C@H]([C@H](O)CO)C(F)(F)C(=O)n1cc(Cl)c(N)nc1=O. The van der Waals surface area contributed by atoms with Crippen molar-refractivity contribution in [2.45, 2.75) is 18.1 Å². The Morgan fingerprint density at radius 1 is 1.68 bits per heavy atom. The Labute approximate surface area is 125 Å². The highest BCUT2D eigenvalue weighted by molar-refractivity contribution is 6.32. The summed E-state index contributed by atoms with van der Waals surface area (Å²) in [7, 11) is 0. The fourth-order valence-electron chi connectivity index (χ4n) is 1.42. The van der Waals surface area contributed by atoms with Crippen LogP contribution in [0.3, 0.4) is 0 Å². The first kappa shape index (κ1) is 17.8. The van der Waals surface area contributed by atoms with Gasteiger partial charge in [0.2, 0.25) is 0 Å². The summed E-state index contributed by atoms with van der Waals surface area (Å²) >= 11 is 5.49. The van der Waals surface area contributed by atoms with Crippen LogP contribution in [0.2, 0.25) is 5.02 Å². The van der Waals surface area contributed by atoms with Crippen LogP contribution in [-0.2, 0) is 0 Å². The van der Waals surface area contributed by atoms with E-state index in [0.717, 1.165) is 0 Å². The van der Waals surface area contributed by atoms with Gasteiger partial charge in [0.25, 0.3) is 0 Å². The maximum Gasteiger partial charge on any atom is 0.356 e. The van der Waals surface area contributed by atoms with Gasteiger partial charge in [-0.2, -0.15) is 13.8 Å². The van der Waals surface area contributed by atoms with Gasteiger partial charge in [-0.3, -0.25) is 4.79 Å². The van der Waals surface area contributed by atoms with Gasteiger partial charge in [0.15, 0.2) is 0 Å². The Bertz CT molecular complexity index is 689. The maximum atomic E-state index is 14.1. The van der Waals surface area contributed by atoms with Crippen LogP contribution in [0.1, 0.15) is 4.79 Å². The van der Waals surface area contributed by atoms with Crippen LogP contribution in [0.15, 0.2) is 16.1 Å². The first-order valence-corrected chi connectivity index (χ1v) is 5.85. The number of carbonyl (C=O) groups excluding carboxylic acids is 1. The highest BCUT2D eigenvalue weighted by Gasteiger charge is 2.51. The number of aliphatic hydroxyl groups excluding tert-OH is 2. The number of rotatable bonds is 5. The van der Waals surface area contributed by atoms with Crippen LogP contribution in [0.4, 0.5) is 14.6 Å². The number of alkyl halides is 2. The number of anilines is 1. The molecule has 0 fully saturated rings. The van der Waals surface area contributed by atoms with Gasteiger partial charge in [-0.05, 0) is 5.53 Å². The molecule has 0 amide bonds. The highest BCUT2D eigenvalue weighted by Crippen LogP contribution is 2.27. The molecule has 0 bridgehead atoms. The fourth-order valence-corrected chi connectivity index (χ4v) is 1.56. The largest absolute Gasteiger partial charge is 0.394 e. The molecule has 10 nitrogen and oxygen atoms in total. The summed E-state index contributed by atoms with van der Waals surface area (Å²) in [6, 6.07) is -2.64. The molecule has 0 aliphatic carbocycles. The van der Waals surface area contributed by atoms with Gasteiger partial charge in [0.05, 0.1) is 17.7 Å². The Morgan fingerprint density at radius 2 is 2.27 bits per heavy atom. The number of nitrogens with zero attached hydrogens (tertiary/aromatic N) is 5. The van der Waals surface area contributed by atoms with E-state index in [-0.39, 0.29) is 4.57 Å². The molecule has 2 atom stereocenters. The van der Waals surface area contributed by atoms with Crippen molar-refractivity contribution in [2.75, 3.05) is 12.3 Å². The van der Waals surface area contributed by atoms with E-state index in [1.54, 1.807) is 0 Å². The number of nitrogens with two attached hydrogens (primary N) is 1. The third-order valence-corrected chi connectivity index (χ3v) is 2.80. The lowest BCUT2D eigenvalue weighted by Gasteiger charge is -2.25. The van der Waals surface area contributed by atoms with E-state index in [1.165, 1.54) is 0 Å². The molecule has 120 valence electrons. The second kappa shape index (κ2) is 6.66. The molecule has 22 heavy (non-hydrogen) atoms. The van der Waals surface area contributed by atoms with E-state index >= 15 is 0 Å². The summed E-state index contributed by atoms with van der Waals surface area (Å²) in [4.78, 5) is 28.4. The van der Waals surface area contributed by atoms with Gasteiger partial charge >= 0.3 is 17.5 Å². The summed E-state index contributed by atoms with van der Waals surface area (Å²) < 4.78 is 28.0. The van der Waals surface area contributed by atoms with Crippen molar-refractivity contribution in [3.8, 4) is 0 Å². The quantitative estimate of drug-likeness (QED) is 0.381. The first-order valence-electron chi connectivity index (χ1n) is 5.47. The van der Waals surface area contributed by atoms with E-state index in [1.807, 2.05) is 0 Å². The zero-order valence-corrected chi connectivity index (χ0v) is 11.4. The Kier molecular flexibility index (Phi) is 5.38. The lowest BCUT2D eigenvalue weighted by molar-refractivity contribution is -0.0572. The second-order valence-electron chi connectivity index (χ2n) is 3.95. The van der Waals surface area contributed by atoms with Crippen molar-refractivity contribution in [1.82, 2.24) is 9.55 Å². The Hall–Kier alpha value is -2.27. The van der Waals surface area contributed by atoms with E-state index in [2.05, 4.69) is 15.0 Å². The predicted molar refractivity (Wildman–Crippen MR) is 69.5 cm³/mol. The van der Waals surface area contributed by atoms with Crippen molar-refractivity contribution in [2.24, 2.45) is 5.11 Å². The molecule has 1 rings (SSSR count). The number of nitrogen functional groups attached to an aromatic ring is 1. The summed E-state index contributed by atoms with van der Waals surface area (Å²) in [5.74, 6) is -7.14. The average Bonchev–Trinajstić information content (AvgIpc) is 2.46. The van der Waals surface area contributed by atoms with Crippen LogP contribution in [0.25, 0.3) is 10.4 Å². The highest BCUT2D eigenvalue weighted by atomic mass is 35.5. The molecule has 0 radical (unpaired) electrons. The summed E-state index contributed by atoms with van der Waals surface area (Å²) in [5.41, 5.74) is 12.0. The molecule has 0 aromatic carbocycles. The van der Waals surface area contributed by atoms with Crippen molar-refractivity contribution in [3.63, 3.8) is 0 Å². The van der Waals surface area contributed by atoms with Crippen LogP contribution in [-0.4, -0.2) is 50.3 Å². The van der Waals surface area contributed by atoms with Crippen LogP contribution in [0.5, 0.6) is 0 Å². The molecule has 1 aromatic rings. The van der Waals surface area contributed by atoms with Gasteiger partial charge < -0.3 is 15.9 Å². The lowest BCUT2D eigenvalue weighted by atomic mass is 10.0. The predicted octanol–water partition coefficient (Wildman–Crippen LogP) is -0.213. The minimum Gasteiger partial charge on any atom is -0.394 e. The van der Waals surface area contributed by atoms with E-state index in [9.17, 15) is 23.5 Å². The normalized spacial score (nSPS) is 14.0. The second-order valence-corrected chi connectivity index (χ2v) is 4.36. The van der Waals surface area contributed by atoms with Crippen LogP contribution >= 0.6 is 11.6 Å². The molecular formula is C9H9ClF2N6O4. The molecule has 0 saturated carbocycles. The van der Waals surface area contributed by atoms with Crippen LogP contribution in [0, 0.1) is 0 Å². The number of azide groups is 1. The fraction of sp³-hybridized carbons (Fsp3) is 0.444. The smallest absolute Gasteiger partial charge is 0.356 e. The monoisotopic (exact) mass is 338 g/mol. The standard InChI is InChI=1S/C9H9ClF2N6O4/c10-3-1-18(8(22)15-6(3)13)7(21)9(11,12)5(16-17-14)4(20)2-19/h1,4-5,19-20H,2H2,(H2,13,15,22)/t4-,5-/m1/s1. The van der Waals surface area contributed by atoms with Crippen molar-refractivity contribution in [1.29, 1.82) is 0 Å². The number of carbonyl (C=O) groups is 1. The van der Waals surface area contributed by atoms with Gasteiger partial charge in [0.1, 0.15) is 11.9 Å². The Balaban J connectivity index is 3.38. The number of aromatic nitrogens is 2. The number of hydrogen-bond acceptors (Lipinski definition) is 7. The number of hydrogen-bond donors (Lipinski definition) is 3. The molecule has 0 aliphatic heterocycles.